The van der Waals surface area contributed by atoms with E-state index in [0.29, 0.717) is 18.4 Å². The van der Waals surface area contributed by atoms with Gasteiger partial charge in [-0.2, -0.15) is 12.7 Å². The van der Waals surface area contributed by atoms with Crippen LogP contribution >= 0.6 is 0 Å². The molecule has 0 aliphatic heterocycles. The molecule has 1 aliphatic carbocycles. The van der Waals surface area contributed by atoms with E-state index in [-0.39, 0.29) is 51.9 Å². The Morgan fingerprint density at radius 2 is 1.76 bits per heavy atom. The summed E-state index contributed by atoms with van der Waals surface area (Å²) in [5, 5.41) is 2.96. The van der Waals surface area contributed by atoms with Gasteiger partial charge in [-0.25, -0.2) is 9.18 Å². The second-order valence-electron chi connectivity index (χ2n) is 10.3. The number of hydrogen-bond acceptors (Lipinski definition) is 6. The third-order valence-electron chi connectivity index (χ3n) is 7.34. The SMILES string of the molecule is CCN(C)S(=O)(=O)Nc1cccc(-n2c(=O)n(C3CC3)c(=O)c3c(Nc4ccc(C)cc4F)n(C)c(=O)c(C)c32)c1. The average molecular weight is 583 g/mol. The number of aromatic nitrogens is 3. The Hall–Kier alpha value is -4.23. The molecule has 2 aromatic carbocycles. The van der Waals surface area contributed by atoms with E-state index in [1.807, 2.05) is 0 Å². The van der Waals surface area contributed by atoms with Crippen LogP contribution in [0.25, 0.3) is 16.6 Å². The Bertz CT molecular complexity index is 1990. The highest BCUT2D eigenvalue weighted by molar-refractivity contribution is 7.90. The molecule has 2 heterocycles. The quantitative estimate of drug-likeness (QED) is 0.328. The lowest BCUT2D eigenvalue weighted by molar-refractivity contribution is 0.491. The molecule has 2 N–H and O–H groups in total. The topological polar surface area (TPSA) is 127 Å². The molecule has 0 atom stereocenters. The maximum atomic E-state index is 14.9. The second-order valence-corrected chi connectivity index (χ2v) is 12.0. The molecule has 0 unspecified atom stereocenters. The van der Waals surface area contributed by atoms with Crippen LogP contribution in [0, 0.1) is 19.7 Å². The largest absolute Gasteiger partial charge is 0.338 e. The Morgan fingerprint density at radius 1 is 1.05 bits per heavy atom. The van der Waals surface area contributed by atoms with Crippen LogP contribution in [0.2, 0.25) is 0 Å². The predicted octanol–water partition coefficient (Wildman–Crippen LogP) is 3.29. The van der Waals surface area contributed by atoms with Gasteiger partial charge in [0.25, 0.3) is 11.1 Å². The van der Waals surface area contributed by atoms with E-state index in [2.05, 4.69) is 10.0 Å². The standard InChI is InChI=1S/C28H31FN6O5S/c1-6-32(4)41(39,40)31-18-8-7-9-20(15-18)34-24-17(3)26(36)33(5)25(30-22-13-10-16(2)14-21(22)29)23(24)27(37)35(28(34)38)19-11-12-19/h7-10,13-15,19,30-31H,6,11-12H2,1-5H3. The average Bonchev–Trinajstić information content (AvgIpc) is 3.75. The summed E-state index contributed by atoms with van der Waals surface area (Å²) in [5.74, 6) is -0.535. The first-order chi connectivity index (χ1) is 19.4. The minimum Gasteiger partial charge on any atom is -0.338 e. The van der Waals surface area contributed by atoms with Crippen molar-refractivity contribution in [3.63, 3.8) is 0 Å². The predicted molar refractivity (Wildman–Crippen MR) is 157 cm³/mol. The minimum absolute atomic E-state index is 0.0350. The molecule has 0 saturated heterocycles. The van der Waals surface area contributed by atoms with Crippen LogP contribution in [0.1, 0.15) is 36.9 Å². The number of rotatable bonds is 8. The minimum atomic E-state index is -3.86. The van der Waals surface area contributed by atoms with Crippen LogP contribution in [-0.2, 0) is 17.3 Å². The van der Waals surface area contributed by atoms with Gasteiger partial charge in [-0.15, -0.1) is 0 Å². The zero-order valence-electron chi connectivity index (χ0n) is 23.4. The van der Waals surface area contributed by atoms with E-state index in [0.717, 1.165) is 8.87 Å². The van der Waals surface area contributed by atoms with Crippen LogP contribution < -0.4 is 26.8 Å². The summed E-state index contributed by atoms with van der Waals surface area (Å²) in [6.07, 6.45) is 1.26. The Labute approximate surface area is 235 Å². The van der Waals surface area contributed by atoms with E-state index >= 15 is 0 Å². The van der Waals surface area contributed by atoms with Gasteiger partial charge in [-0.05, 0) is 62.6 Å². The number of pyridine rings is 1. The Kier molecular flexibility index (Phi) is 7.12. The molecular formula is C28H31FN6O5S. The molecule has 216 valence electrons. The highest BCUT2D eigenvalue weighted by Gasteiger charge is 2.31. The smallest absolute Gasteiger partial charge is 0.336 e. The molecule has 2 aromatic heterocycles. The molecule has 0 spiro atoms. The van der Waals surface area contributed by atoms with Crippen molar-refractivity contribution in [2.75, 3.05) is 23.6 Å². The first-order valence-electron chi connectivity index (χ1n) is 13.1. The van der Waals surface area contributed by atoms with Gasteiger partial charge in [0.05, 0.1) is 22.6 Å². The normalized spacial score (nSPS) is 13.6. The summed E-state index contributed by atoms with van der Waals surface area (Å²) in [6, 6.07) is 10.4. The van der Waals surface area contributed by atoms with E-state index in [1.165, 1.54) is 54.4 Å². The highest BCUT2D eigenvalue weighted by atomic mass is 32.2. The maximum absolute atomic E-state index is 14.9. The van der Waals surface area contributed by atoms with Gasteiger partial charge in [-0.1, -0.05) is 19.1 Å². The van der Waals surface area contributed by atoms with E-state index in [4.69, 9.17) is 0 Å². The summed E-state index contributed by atoms with van der Waals surface area (Å²) in [7, 11) is -0.958. The van der Waals surface area contributed by atoms with Crippen LogP contribution in [0.5, 0.6) is 0 Å². The molecule has 0 radical (unpaired) electrons. The van der Waals surface area contributed by atoms with Crippen molar-refractivity contribution in [3.8, 4) is 5.69 Å². The van der Waals surface area contributed by atoms with E-state index in [9.17, 15) is 27.2 Å². The molecule has 0 amide bonds. The summed E-state index contributed by atoms with van der Waals surface area (Å²) in [6.45, 7) is 5.19. The van der Waals surface area contributed by atoms with Crippen LogP contribution in [0.15, 0.2) is 56.8 Å². The number of hydrogen-bond donors (Lipinski definition) is 2. The number of anilines is 3. The number of nitrogens with one attached hydrogen (secondary N) is 2. The number of aryl methyl sites for hydroxylation is 2. The van der Waals surface area contributed by atoms with Gasteiger partial charge < -0.3 is 5.32 Å². The molecule has 0 bridgehead atoms. The van der Waals surface area contributed by atoms with Crippen molar-refractivity contribution in [2.45, 2.75) is 39.7 Å². The monoisotopic (exact) mass is 582 g/mol. The van der Waals surface area contributed by atoms with Crippen molar-refractivity contribution >= 4 is 38.3 Å². The van der Waals surface area contributed by atoms with Gasteiger partial charge >= 0.3 is 15.9 Å². The van der Waals surface area contributed by atoms with Gasteiger partial charge in [0.15, 0.2) is 0 Å². The third-order valence-corrected chi connectivity index (χ3v) is 8.91. The van der Waals surface area contributed by atoms with Crippen molar-refractivity contribution < 1.29 is 12.8 Å². The molecule has 1 saturated carbocycles. The Morgan fingerprint density at radius 3 is 2.39 bits per heavy atom. The highest BCUT2D eigenvalue weighted by Crippen LogP contribution is 2.34. The van der Waals surface area contributed by atoms with Gasteiger partial charge in [0, 0.05) is 32.2 Å². The zero-order valence-corrected chi connectivity index (χ0v) is 24.2. The summed E-state index contributed by atoms with van der Waals surface area (Å²) < 4.78 is 47.5. The lowest BCUT2D eigenvalue weighted by atomic mass is 10.1. The lowest BCUT2D eigenvalue weighted by Crippen LogP contribution is -2.41. The van der Waals surface area contributed by atoms with Gasteiger partial charge in [-0.3, -0.25) is 28.0 Å². The fourth-order valence-electron chi connectivity index (χ4n) is 4.81. The first kappa shape index (κ1) is 28.3. The number of benzene rings is 2. The van der Waals surface area contributed by atoms with Gasteiger partial charge in [0.2, 0.25) is 0 Å². The molecule has 1 aliphatic rings. The second kappa shape index (κ2) is 10.3. The fraction of sp³-hybridized carbons (Fsp3) is 0.321. The molecule has 1 fully saturated rings. The van der Waals surface area contributed by atoms with Gasteiger partial charge in [0.1, 0.15) is 17.0 Å². The van der Waals surface area contributed by atoms with E-state index in [1.54, 1.807) is 32.0 Å². The molecule has 41 heavy (non-hydrogen) atoms. The number of fused-ring (bicyclic) bond motifs is 1. The van der Waals surface area contributed by atoms with Crippen LogP contribution in [-0.4, -0.2) is 40.0 Å². The number of nitrogens with zero attached hydrogens (tertiary/aromatic N) is 4. The first-order valence-corrected chi connectivity index (χ1v) is 14.6. The van der Waals surface area contributed by atoms with Crippen molar-refractivity contribution in [3.05, 3.63) is 90.6 Å². The molecular weight excluding hydrogens is 551 g/mol. The molecule has 11 nitrogen and oxygen atoms in total. The van der Waals surface area contributed by atoms with Crippen molar-refractivity contribution in [2.24, 2.45) is 7.05 Å². The van der Waals surface area contributed by atoms with Crippen molar-refractivity contribution in [1.82, 2.24) is 18.0 Å². The summed E-state index contributed by atoms with van der Waals surface area (Å²) >= 11 is 0. The fourth-order valence-corrected chi connectivity index (χ4v) is 5.73. The van der Waals surface area contributed by atoms with Crippen LogP contribution in [0.4, 0.5) is 21.6 Å². The maximum Gasteiger partial charge on any atom is 0.336 e. The van der Waals surface area contributed by atoms with Crippen LogP contribution in [0.3, 0.4) is 0 Å². The van der Waals surface area contributed by atoms with E-state index < -0.39 is 32.8 Å². The molecule has 5 rings (SSSR count). The van der Waals surface area contributed by atoms with Crippen molar-refractivity contribution in [1.29, 1.82) is 0 Å². The summed E-state index contributed by atoms with van der Waals surface area (Å²) in [5.41, 5.74) is -0.370. The Balaban J connectivity index is 1.83. The summed E-state index contributed by atoms with van der Waals surface area (Å²) in [4.78, 5) is 41.3. The molecule has 4 aromatic rings. The zero-order chi connectivity index (χ0) is 29.8. The lowest BCUT2D eigenvalue weighted by Gasteiger charge is -2.21. The molecule has 13 heteroatoms. The number of halogens is 1. The third kappa shape index (κ3) is 4.95.